The standard InChI is InChI=1S/C15H29N3O2/c1-12-10-17(11-13(2)20-12)9-6-16-14(3)15(19)18-7-4-5-8-18/h12-14,16H,4-11H2,1-3H3/t12-,13+,14-/m0/s1. The molecule has 2 aliphatic heterocycles. The molecular formula is C15H29N3O2. The van der Waals surface area contributed by atoms with Gasteiger partial charge in [0.2, 0.25) is 5.91 Å². The van der Waals surface area contributed by atoms with E-state index < -0.39 is 0 Å². The summed E-state index contributed by atoms with van der Waals surface area (Å²) in [7, 11) is 0. The predicted molar refractivity (Wildman–Crippen MR) is 79.7 cm³/mol. The maximum absolute atomic E-state index is 12.2. The number of hydrogen-bond acceptors (Lipinski definition) is 4. The van der Waals surface area contributed by atoms with Gasteiger partial charge in [0.1, 0.15) is 0 Å². The van der Waals surface area contributed by atoms with Crippen LogP contribution in [0.2, 0.25) is 0 Å². The van der Waals surface area contributed by atoms with Gasteiger partial charge in [-0.1, -0.05) is 0 Å². The zero-order chi connectivity index (χ0) is 14.5. The zero-order valence-corrected chi connectivity index (χ0v) is 13.1. The van der Waals surface area contributed by atoms with Crippen molar-refractivity contribution in [1.82, 2.24) is 15.1 Å². The Kier molecular flexibility index (Phi) is 5.81. The molecule has 2 heterocycles. The van der Waals surface area contributed by atoms with Gasteiger partial charge in [-0.15, -0.1) is 0 Å². The number of hydrogen-bond donors (Lipinski definition) is 1. The van der Waals surface area contributed by atoms with Crippen molar-refractivity contribution in [3.05, 3.63) is 0 Å². The summed E-state index contributed by atoms with van der Waals surface area (Å²) in [5, 5.41) is 3.36. The van der Waals surface area contributed by atoms with Crippen LogP contribution in [0.1, 0.15) is 33.6 Å². The minimum absolute atomic E-state index is 0.0658. The van der Waals surface area contributed by atoms with E-state index in [-0.39, 0.29) is 11.9 Å². The van der Waals surface area contributed by atoms with E-state index in [1.807, 2.05) is 11.8 Å². The summed E-state index contributed by atoms with van der Waals surface area (Å²) in [5.41, 5.74) is 0. The highest BCUT2D eigenvalue weighted by atomic mass is 16.5. The fourth-order valence-electron chi connectivity index (χ4n) is 3.20. The van der Waals surface area contributed by atoms with Crippen LogP contribution in [0.5, 0.6) is 0 Å². The summed E-state index contributed by atoms with van der Waals surface area (Å²) in [4.78, 5) is 16.6. The molecule has 0 aliphatic carbocycles. The Morgan fingerprint density at radius 3 is 2.45 bits per heavy atom. The van der Waals surface area contributed by atoms with Crippen molar-refractivity contribution in [3.8, 4) is 0 Å². The van der Waals surface area contributed by atoms with E-state index in [9.17, 15) is 4.79 Å². The molecule has 20 heavy (non-hydrogen) atoms. The number of rotatable bonds is 5. The summed E-state index contributed by atoms with van der Waals surface area (Å²) in [5.74, 6) is 0.256. The first kappa shape index (κ1) is 15.7. The number of carbonyl (C=O) groups is 1. The van der Waals surface area contributed by atoms with E-state index in [0.29, 0.717) is 12.2 Å². The summed E-state index contributed by atoms with van der Waals surface area (Å²) in [6, 6.07) is -0.0658. The third-order valence-electron chi connectivity index (χ3n) is 4.16. The molecule has 0 radical (unpaired) electrons. The Morgan fingerprint density at radius 1 is 1.25 bits per heavy atom. The van der Waals surface area contributed by atoms with Crippen LogP contribution in [-0.2, 0) is 9.53 Å². The average Bonchev–Trinajstić information content (AvgIpc) is 2.90. The minimum atomic E-state index is -0.0658. The number of morpholine rings is 1. The maximum atomic E-state index is 12.2. The van der Waals surface area contributed by atoms with Crippen LogP contribution in [0.15, 0.2) is 0 Å². The lowest BCUT2D eigenvalue weighted by Gasteiger charge is -2.35. The summed E-state index contributed by atoms with van der Waals surface area (Å²) in [6.07, 6.45) is 2.93. The Balaban J connectivity index is 1.65. The van der Waals surface area contributed by atoms with Crippen molar-refractivity contribution in [2.75, 3.05) is 39.3 Å². The molecular weight excluding hydrogens is 254 g/mol. The second-order valence-corrected chi connectivity index (χ2v) is 6.23. The van der Waals surface area contributed by atoms with E-state index in [1.54, 1.807) is 0 Å². The number of nitrogens with one attached hydrogen (secondary N) is 1. The SMILES string of the molecule is C[C@@H]1CN(CCN[C@@H](C)C(=O)N2CCCC2)C[C@H](C)O1. The fraction of sp³-hybridized carbons (Fsp3) is 0.933. The molecule has 0 aromatic carbocycles. The molecule has 116 valence electrons. The summed E-state index contributed by atoms with van der Waals surface area (Å²) >= 11 is 0. The maximum Gasteiger partial charge on any atom is 0.239 e. The number of likely N-dealkylation sites (tertiary alicyclic amines) is 1. The van der Waals surface area contributed by atoms with Gasteiger partial charge in [0, 0.05) is 39.3 Å². The number of ether oxygens (including phenoxy) is 1. The van der Waals surface area contributed by atoms with Gasteiger partial charge < -0.3 is 15.0 Å². The van der Waals surface area contributed by atoms with E-state index >= 15 is 0 Å². The van der Waals surface area contributed by atoms with Gasteiger partial charge in [0.25, 0.3) is 0 Å². The second-order valence-electron chi connectivity index (χ2n) is 6.23. The van der Waals surface area contributed by atoms with Crippen molar-refractivity contribution < 1.29 is 9.53 Å². The van der Waals surface area contributed by atoms with Gasteiger partial charge in [-0.3, -0.25) is 9.69 Å². The molecule has 2 fully saturated rings. The van der Waals surface area contributed by atoms with Crippen LogP contribution in [0.25, 0.3) is 0 Å². The number of amides is 1. The number of carbonyl (C=O) groups excluding carboxylic acids is 1. The van der Waals surface area contributed by atoms with Crippen molar-refractivity contribution in [1.29, 1.82) is 0 Å². The Labute approximate surface area is 122 Å². The van der Waals surface area contributed by atoms with Gasteiger partial charge in [-0.25, -0.2) is 0 Å². The van der Waals surface area contributed by atoms with Gasteiger partial charge in [0.15, 0.2) is 0 Å². The van der Waals surface area contributed by atoms with Crippen LogP contribution in [0, 0.1) is 0 Å². The quantitative estimate of drug-likeness (QED) is 0.806. The zero-order valence-electron chi connectivity index (χ0n) is 13.1. The van der Waals surface area contributed by atoms with Crippen LogP contribution in [0.3, 0.4) is 0 Å². The lowest BCUT2D eigenvalue weighted by Crippen LogP contribution is -2.50. The highest BCUT2D eigenvalue weighted by molar-refractivity contribution is 5.81. The topological polar surface area (TPSA) is 44.8 Å². The highest BCUT2D eigenvalue weighted by Gasteiger charge is 2.24. The summed E-state index contributed by atoms with van der Waals surface area (Å²) < 4.78 is 5.73. The third-order valence-corrected chi connectivity index (χ3v) is 4.16. The van der Waals surface area contributed by atoms with Crippen LogP contribution >= 0.6 is 0 Å². The molecule has 0 saturated carbocycles. The smallest absolute Gasteiger partial charge is 0.239 e. The van der Waals surface area contributed by atoms with E-state index in [4.69, 9.17) is 4.74 Å². The predicted octanol–water partition coefficient (Wildman–Crippen LogP) is 0.696. The van der Waals surface area contributed by atoms with Gasteiger partial charge >= 0.3 is 0 Å². The van der Waals surface area contributed by atoms with Gasteiger partial charge in [0.05, 0.1) is 18.2 Å². The van der Waals surface area contributed by atoms with E-state index in [1.165, 1.54) is 0 Å². The molecule has 3 atom stereocenters. The Hall–Kier alpha value is -0.650. The van der Waals surface area contributed by atoms with Gasteiger partial charge in [-0.2, -0.15) is 0 Å². The Morgan fingerprint density at radius 2 is 1.85 bits per heavy atom. The first-order valence-corrected chi connectivity index (χ1v) is 7.96. The summed E-state index contributed by atoms with van der Waals surface area (Å²) in [6.45, 7) is 11.9. The Bertz CT molecular complexity index is 308. The molecule has 2 aliphatic rings. The van der Waals surface area contributed by atoms with Crippen molar-refractivity contribution in [2.24, 2.45) is 0 Å². The lowest BCUT2D eigenvalue weighted by atomic mass is 10.2. The van der Waals surface area contributed by atoms with Crippen molar-refractivity contribution in [3.63, 3.8) is 0 Å². The molecule has 5 heteroatoms. The first-order valence-electron chi connectivity index (χ1n) is 7.96. The van der Waals surface area contributed by atoms with Crippen LogP contribution < -0.4 is 5.32 Å². The highest BCUT2D eigenvalue weighted by Crippen LogP contribution is 2.10. The second kappa shape index (κ2) is 7.38. The van der Waals surface area contributed by atoms with Crippen molar-refractivity contribution in [2.45, 2.75) is 51.9 Å². The van der Waals surface area contributed by atoms with Crippen molar-refractivity contribution >= 4 is 5.91 Å². The number of nitrogens with zero attached hydrogens (tertiary/aromatic N) is 2. The van der Waals surface area contributed by atoms with E-state index in [2.05, 4.69) is 24.1 Å². The minimum Gasteiger partial charge on any atom is -0.373 e. The molecule has 0 aromatic rings. The molecule has 2 rings (SSSR count). The molecule has 0 unspecified atom stereocenters. The molecule has 2 saturated heterocycles. The molecule has 0 spiro atoms. The normalized spacial score (nSPS) is 29.6. The van der Waals surface area contributed by atoms with Crippen LogP contribution in [-0.4, -0.2) is 73.2 Å². The van der Waals surface area contributed by atoms with Crippen LogP contribution in [0.4, 0.5) is 0 Å². The molecule has 5 nitrogen and oxygen atoms in total. The monoisotopic (exact) mass is 283 g/mol. The fourth-order valence-corrected chi connectivity index (χ4v) is 3.20. The lowest BCUT2D eigenvalue weighted by molar-refractivity contribution is -0.132. The van der Waals surface area contributed by atoms with E-state index in [0.717, 1.165) is 52.1 Å². The first-order chi connectivity index (χ1) is 9.56. The molecule has 0 bridgehead atoms. The molecule has 1 amide bonds. The largest absolute Gasteiger partial charge is 0.373 e. The van der Waals surface area contributed by atoms with Gasteiger partial charge in [-0.05, 0) is 33.6 Å². The average molecular weight is 283 g/mol. The molecule has 1 N–H and O–H groups in total. The third kappa shape index (κ3) is 4.43. The molecule has 0 aromatic heterocycles.